The van der Waals surface area contributed by atoms with Crippen molar-refractivity contribution >= 4 is 39.8 Å². The Morgan fingerprint density at radius 2 is 1.85 bits per heavy atom. The first-order valence-corrected chi connectivity index (χ1v) is 11.1. The van der Waals surface area contributed by atoms with E-state index in [1.165, 1.54) is 6.07 Å². The van der Waals surface area contributed by atoms with E-state index in [9.17, 15) is 13.2 Å². The fourth-order valence-corrected chi connectivity index (χ4v) is 4.12. The number of aromatic nitrogens is 3. The second kappa shape index (κ2) is 9.56. The van der Waals surface area contributed by atoms with E-state index < -0.39 is 11.7 Å². The number of hydrogen-bond acceptors (Lipinski definition) is 7. The molecule has 4 rings (SSSR count). The minimum Gasteiger partial charge on any atom is -0.399 e. The van der Waals surface area contributed by atoms with Crippen molar-refractivity contribution in [2.75, 3.05) is 55.2 Å². The molecule has 3 heterocycles. The lowest BCUT2D eigenvalue weighted by Crippen LogP contribution is -2.46. The number of likely N-dealkylation sites (N-methyl/N-ethyl adjacent to an activating group) is 1. The number of halogens is 4. The van der Waals surface area contributed by atoms with Crippen molar-refractivity contribution in [3.8, 4) is 0 Å². The van der Waals surface area contributed by atoms with Crippen LogP contribution in [0.2, 0.25) is 5.28 Å². The molecule has 0 saturated carbocycles. The summed E-state index contributed by atoms with van der Waals surface area (Å²) in [4.78, 5) is 17.6. The number of nitrogens with zero attached hydrogens (tertiary/aromatic N) is 5. The molecule has 1 fully saturated rings. The number of rotatable bonds is 6. The van der Waals surface area contributed by atoms with E-state index in [2.05, 4.69) is 37.0 Å². The number of nitrogens with one attached hydrogen (secondary N) is 1. The zero-order chi connectivity index (χ0) is 23.6. The molecule has 0 amide bonds. The number of alkyl halides is 3. The van der Waals surface area contributed by atoms with E-state index in [0.717, 1.165) is 50.5 Å². The van der Waals surface area contributed by atoms with Crippen molar-refractivity contribution in [2.45, 2.75) is 19.5 Å². The molecule has 0 bridgehead atoms. The van der Waals surface area contributed by atoms with Gasteiger partial charge in [-0.05, 0) is 54.4 Å². The van der Waals surface area contributed by atoms with Crippen molar-refractivity contribution in [1.29, 1.82) is 0 Å². The maximum Gasteiger partial charge on any atom is 0.416 e. The Bertz CT molecular complexity index is 1130. The summed E-state index contributed by atoms with van der Waals surface area (Å²) in [7, 11) is 0. The molecule has 0 atom stereocenters. The van der Waals surface area contributed by atoms with Crippen LogP contribution in [0.3, 0.4) is 0 Å². The van der Waals surface area contributed by atoms with E-state index in [1.54, 1.807) is 6.20 Å². The first-order valence-electron chi connectivity index (χ1n) is 10.7. The van der Waals surface area contributed by atoms with Gasteiger partial charge in [0.15, 0.2) is 5.65 Å². The topological polar surface area (TPSA) is 83.2 Å². The van der Waals surface area contributed by atoms with Gasteiger partial charge in [-0.3, -0.25) is 0 Å². The van der Waals surface area contributed by atoms with Gasteiger partial charge in [-0.25, -0.2) is 9.97 Å². The van der Waals surface area contributed by atoms with Gasteiger partial charge in [-0.15, -0.1) is 0 Å². The average molecular weight is 480 g/mol. The van der Waals surface area contributed by atoms with E-state index >= 15 is 0 Å². The third-order valence-corrected chi connectivity index (χ3v) is 5.91. The Hall–Kier alpha value is -2.85. The van der Waals surface area contributed by atoms with Gasteiger partial charge in [-0.2, -0.15) is 18.2 Å². The zero-order valence-corrected chi connectivity index (χ0v) is 18.9. The highest BCUT2D eigenvalue weighted by atomic mass is 35.5. The lowest BCUT2D eigenvalue weighted by molar-refractivity contribution is -0.137. The number of hydrogen-bond donors (Lipinski definition) is 2. The summed E-state index contributed by atoms with van der Waals surface area (Å²) >= 11 is 6.07. The molecule has 7 nitrogen and oxygen atoms in total. The predicted octanol–water partition coefficient (Wildman–Crippen LogP) is 4.08. The van der Waals surface area contributed by atoms with E-state index in [4.69, 9.17) is 17.3 Å². The van der Waals surface area contributed by atoms with Crippen molar-refractivity contribution in [3.05, 3.63) is 46.9 Å². The van der Waals surface area contributed by atoms with Gasteiger partial charge in [0.2, 0.25) is 5.28 Å². The number of benzene rings is 1. The van der Waals surface area contributed by atoms with Gasteiger partial charge < -0.3 is 20.9 Å². The van der Waals surface area contributed by atoms with Crippen molar-refractivity contribution in [2.24, 2.45) is 0 Å². The van der Waals surface area contributed by atoms with Crippen LogP contribution in [0.25, 0.3) is 11.0 Å². The molecular formula is C22H25ClF3N7. The maximum absolute atomic E-state index is 13.1. The van der Waals surface area contributed by atoms with Crippen LogP contribution in [0, 0.1) is 0 Å². The quantitative estimate of drug-likeness (QED) is 0.407. The summed E-state index contributed by atoms with van der Waals surface area (Å²) < 4.78 is 39.2. The van der Waals surface area contributed by atoms with Crippen LogP contribution < -0.4 is 16.0 Å². The molecule has 176 valence electrons. The van der Waals surface area contributed by atoms with Gasteiger partial charge in [0.1, 0.15) is 5.82 Å². The largest absolute Gasteiger partial charge is 0.416 e. The smallest absolute Gasteiger partial charge is 0.399 e. The third-order valence-electron chi connectivity index (χ3n) is 5.74. The Morgan fingerprint density at radius 3 is 2.55 bits per heavy atom. The van der Waals surface area contributed by atoms with Gasteiger partial charge in [-0.1, -0.05) is 6.92 Å². The normalized spacial score (nSPS) is 15.2. The first-order chi connectivity index (χ1) is 15.7. The molecule has 11 heteroatoms. The fraction of sp³-hybridized carbons (Fsp3) is 0.409. The molecule has 0 unspecified atom stereocenters. The highest BCUT2D eigenvalue weighted by Gasteiger charge is 2.31. The number of piperazine rings is 1. The maximum atomic E-state index is 13.1. The molecule has 3 aromatic rings. The third kappa shape index (κ3) is 5.56. The van der Waals surface area contributed by atoms with Crippen molar-refractivity contribution < 1.29 is 13.2 Å². The minimum atomic E-state index is -4.45. The highest BCUT2D eigenvalue weighted by Crippen LogP contribution is 2.31. The molecule has 2 aromatic heterocycles. The van der Waals surface area contributed by atoms with Crippen LogP contribution in [0.5, 0.6) is 0 Å². The second-order valence-electron chi connectivity index (χ2n) is 7.97. The molecule has 0 spiro atoms. The molecular weight excluding hydrogens is 455 g/mol. The number of fused-ring (bicyclic) bond motifs is 1. The van der Waals surface area contributed by atoms with Crippen LogP contribution >= 0.6 is 11.6 Å². The summed E-state index contributed by atoms with van der Waals surface area (Å²) in [6.45, 7) is 7.28. The van der Waals surface area contributed by atoms with Gasteiger partial charge in [0.25, 0.3) is 0 Å². The second-order valence-corrected chi connectivity index (χ2v) is 8.30. The molecule has 0 aliphatic carbocycles. The Morgan fingerprint density at radius 1 is 1.09 bits per heavy atom. The summed E-state index contributed by atoms with van der Waals surface area (Å²) in [5.74, 6) is 0.492. The molecule has 3 N–H and O–H groups in total. The minimum absolute atomic E-state index is 0.0464. The Labute approximate surface area is 194 Å². The van der Waals surface area contributed by atoms with Crippen LogP contribution in [-0.4, -0.2) is 59.1 Å². The number of pyridine rings is 1. The standard InChI is InChI=1S/C22H25ClF3N7/c1-2-32-5-7-33(8-6-32)17-12-18-19(30-21(23)31-20(18)29-13-17)28-4-3-14-9-15(22(24,25)26)11-16(27)10-14/h9-13H,2-8,27H2,1H3,(H,28,29,30,31). The van der Waals surface area contributed by atoms with Crippen molar-refractivity contribution in [3.63, 3.8) is 0 Å². The van der Waals surface area contributed by atoms with E-state index in [-0.39, 0.29) is 11.0 Å². The van der Waals surface area contributed by atoms with Gasteiger partial charge in [0.05, 0.1) is 22.8 Å². The van der Waals surface area contributed by atoms with Gasteiger partial charge >= 0.3 is 6.18 Å². The lowest BCUT2D eigenvalue weighted by Gasteiger charge is -2.35. The van der Waals surface area contributed by atoms with Crippen LogP contribution in [0.15, 0.2) is 30.5 Å². The van der Waals surface area contributed by atoms with Crippen molar-refractivity contribution in [1.82, 2.24) is 19.9 Å². The van der Waals surface area contributed by atoms with E-state index in [1.807, 2.05) is 6.07 Å². The van der Waals surface area contributed by atoms with Crippen LogP contribution in [0.4, 0.5) is 30.4 Å². The Kier molecular flexibility index (Phi) is 6.76. The molecule has 1 saturated heterocycles. The average Bonchev–Trinajstić information content (AvgIpc) is 2.78. The summed E-state index contributed by atoms with van der Waals surface area (Å²) in [6.07, 6.45) is -2.34. The zero-order valence-electron chi connectivity index (χ0n) is 18.2. The Balaban J connectivity index is 1.52. The first kappa shape index (κ1) is 23.3. The van der Waals surface area contributed by atoms with Crippen LogP contribution in [-0.2, 0) is 12.6 Å². The van der Waals surface area contributed by atoms with E-state index in [0.29, 0.717) is 35.4 Å². The fourth-order valence-electron chi connectivity index (χ4n) is 3.96. The molecule has 1 aliphatic heterocycles. The monoisotopic (exact) mass is 479 g/mol. The van der Waals surface area contributed by atoms with Gasteiger partial charge in [0, 0.05) is 38.4 Å². The number of nitrogen functional groups attached to an aromatic ring is 1. The molecule has 0 radical (unpaired) electrons. The molecule has 1 aliphatic rings. The lowest BCUT2D eigenvalue weighted by atomic mass is 10.1. The summed E-state index contributed by atoms with van der Waals surface area (Å²) in [6, 6.07) is 5.56. The number of nitrogens with two attached hydrogens (primary N) is 1. The molecule has 1 aromatic carbocycles. The SMILES string of the molecule is CCN1CCN(c2cnc3nc(Cl)nc(NCCc4cc(N)cc(C(F)(F)F)c4)c3c2)CC1. The number of anilines is 3. The highest BCUT2D eigenvalue weighted by molar-refractivity contribution is 6.28. The summed E-state index contributed by atoms with van der Waals surface area (Å²) in [5.41, 5.74) is 6.89. The predicted molar refractivity (Wildman–Crippen MR) is 125 cm³/mol. The summed E-state index contributed by atoms with van der Waals surface area (Å²) in [5, 5.41) is 3.93. The molecule has 33 heavy (non-hydrogen) atoms. The van der Waals surface area contributed by atoms with Crippen LogP contribution in [0.1, 0.15) is 18.1 Å².